The third-order valence-corrected chi connectivity index (χ3v) is 3.11. The number of carbonyl (C=O) groups is 2. The van der Waals surface area contributed by atoms with Crippen molar-refractivity contribution in [2.75, 3.05) is 6.54 Å². The Morgan fingerprint density at radius 3 is 2.82 bits per heavy atom. The highest BCUT2D eigenvalue weighted by molar-refractivity contribution is 7.09. The summed E-state index contributed by atoms with van der Waals surface area (Å²) in [5.74, 6) is -0.505. The quantitative estimate of drug-likeness (QED) is 0.817. The van der Waals surface area contributed by atoms with Crippen LogP contribution in [0, 0.1) is 6.92 Å². The van der Waals surface area contributed by atoms with Crippen molar-refractivity contribution in [1.82, 2.24) is 15.6 Å². The molecule has 0 saturated carbocycles. The number of rotatable bonds is 4. The largest absolute Gasteiger partial charge is 0.337 e. The van der Waals surface area contributed by atoms with Crippen LogP contribution in [0.25, 0.3) is 0 Å². The van der Waals surface area contributed by atoms with Crippen LogP contribution in [0.1, 0.15) is 17.6 Å². The number of aryl methyl sites for hydroxylation is 1. The number of imide groups is 1. The summed E-state index contributed by atoms with van der Waals surface area (Å²) in [6.45, 7) is 3.85. The molecule has 1 aromatic heterocycles. The molecule has 1 unspecified atom stereocenters. The smallest absolute Gasteiger partial charge is 0.321 e. The molecule has 7 heteroatoms. The normalized spacial score (nSPS) is 11.9. The lowest BCUT2D eigenvalue weighted by Crippen LogP contribution is -2.42. The topological polar surface area (TPSA) is 71.1 Å². The summed E-state index contributed by atoms with van der Waals surface area (Å²) < 4.78 is 0. The number of hydrogen-bond donors (Lipinski definition) is 2. The Morgan fingerprint density at radius 2 is 2.29 bits per heavy atom. The van der Waals surface area contributed by atoms with Crippen LogP contribution in [0.5, 0.6) is 0 Å². The van der Waals surface area contributed by atoms with Crippen molar-refractivity contribution in [1.29, 1.82) is 0 Å². The zero-order valence-corrected chi connectivity index (χ0v) is 11.2. The fourth-order valence-electron chi connectivity index (χ4n) is 1.06. The maximum Gasteiger partial charge on any atom is 0.321 e. The summed E-state index contributed by atoms with van der Waals surface area (Å²) in [4.78, 5) is 26.6. The molecule has 0 fully saturated rings. The highest BCUT2D eigenvalue weighted by atomic mass is 35.5. The van der Waals surface area contributed by atoms with Crippen molar-refractivity contribution in [3.63, 3.8) is 0 Å². The first-order valence-electron chi connectivity index (χ1n) is 5.13. The van der Waals surface area contributed by atoms with E-state index in [4.69, 9.17) is 11.6 Å². The number of halogens is 1. The van der Waals surface area contributed by atoms with E-state index in [1.165, 1.54) is 6.92 Å². The van der Waals surface area contributed by atoms with E-state index >= 15 is 0 Å². The SMILES string of the molecule is Cc1csc(CCNC(=O)NC(=O)C(C)Cl)n1. The van der Waals surface area contributed by atoms with Gasteiger partial charge in [0, 0.05) is 24.0 Å². The first-order valence-corrected chi connectivity index (χ1v) is 6.44. The van der Waals surface area contributed by atoms with Gasteiger partial charge in [-0.1, -0.05) is 0 Å². The van der Waals surface area contributed by atoms with Crippen LogP contribution >= 0.6 is 22.9 Å². The van der Waals surface area contributed by atoms with Crippen LogP contribution in [0.3, 0.4) is 0 Å². The molecule has 1 rings (SSSR count). The molecule has 17 heavy (non-hydrogen) atoms. The second-order valence-corrected chi connectivity index (χ2v) is 5.09. The molecule has 0 aliphatic rings. The lowest BCUT2D eigenvalue weighted by Gasteiger charge is -2.06. The summed E-state index contributed by atoms with van der Waals surface area (Å²) in [7, 11) is 0. The minimum absolute atomic E-state index is 0.433. The van der Waals surface area contributed by atoms with Gasteiger partial charge in [0.2, 0.25) is 5.91 Å². The number of amides is 3. The number of alkyl halides is 1. The monoisotopic (exact) mass is 275 g/mol. The van der Waals surface area contributed by atoms with Crippen LogP contribution in [0.4, 0.5) is 4.79 Å². The van der Waals surface area contributed by atoms with Gasteiger partial charge in [-0.15, -0.1) is 22.9 Å². The molecule has 0 aliphatic carbocycles. The van der Waals surface area contributed by atoms with Crippen LogP contribution in [-0.2, 0) is 11.2 Å². The molecule has 0 spiro atoms. The van der Waals surface area contributed by atoms with Gasteiger partial charge in [-0.2, -0.15) is 0 Å². The van der Waals surface area contributed by atoms with E-state index < -0.39 is 17.3 Å². The van der Waals surface area contributed by atoms with Gasteiger partial charge in [0.1, 0.15) is 5.38 Å². The molecule has 0 aromatic carbocycles. The van der Waals surface area contributed by atoms with Crippen LogP contribution in [-0.4, -0.2) is 28.8 Å². The van der Waals surface area contributed by atoms with Crippen LogP contribution in [0.2, 0.25) is 0 Å². The summed E-state index contributed by atoms with van der Waals surface area (Å²) >= 11 is 7.05. The number of hydrogen-bond acceptors (Lipinski definition) is 4. The zero-order valence-electron chi connectivity index (χ0n) is 9.62. The third-order valence-electron chi connectivity index (χ3n) is 1.89. The number of carbonyl (C=O) groups excluding carboxylic acids is 2. The summed E-state index contributed by atoms with van der Waals surface area (Å²) in [5, 5.41) is 6.89. The number of aromatic nitrogens is 1. The Hall–Kier alpha value is -1.14. The predicted molar refractivity (Wildman–Crippen MR) is 67.4 cm³/mol. The molecule has 0 saturated heterocycles. The van der Waals surface area contributed by atoms with E-state index in [1.54, 1.807) is 11.3 Å². The van der Waals surface area contributed by atoms with Crippen molar-refractivity contribution in [3.8, 4) is 0 Å². The molecule has 1 atom stereocenters. The molecule has 0 bridgehead atoms. The molecular formula is C10H14ClN3O2S. The maximum absolute atomic E-state index is 11.2. The fraction of sp³-hybridized carbons (Fsp3) is 0.500. The molecular weight excluding hydrogens is 262 g/mol. The molecule has 2 N–H and O–H groups in total. The van der Waals surface area contributed by atoms with E-state index in [2.05, 4.69) is 15.6 Å². The number of thiazole rings is 1. The molecule has 0 radical (unpaired) electrons. The number of urea groups is 1. The Kier molecular flexibility index (Phi) is 5.37. The van der Waals surface area contributed by atoms with Crippen molar-refractivity contribution in [2.24, 2.45) is 0 Å². The van der Waals surface area contributed by atoms with Gasteiger partial charge < -0.3 is 5.32 Å². The van der Waals surface area contributed by atoms with Gasteiger partial charge >= 0.3 is 6.03 Å². The fourth-order valence-corrected chi connectivity index (χ4v) is 1.89. The van der Waals surface area contributed by atoms with Gasteiger partial charge in [0.05, 0.1) is 5.01 Å². The highest BCUT2D eigenvalue weighted by Crippen LogP contribution is 2.08. The van der Waals surface area contributed by atoms with E-state index in [1.807, 2.05) is 12.3 Å². The Balaban J connectivity index is 2.23. The molecule has 94 valence electrons. The van der Waals surface area contributed by atoms with Crippen molar-refractivity contribution in [3.05, 3.63) is 16.1 Å². The first kappa shape index (κ1) is 13.9. The summed E-state index contributed by atoms with van der Waals surface area (Å²) in [6.07, 6.45) is 0.649. The molecule has 3 amide bonds. The predicted octanol–water partition coefficient (Wildman–Crippen LogP) is 1.45. The Morgan fingerprint density at radius 1 is 1.59 bits per heavy atom. The van der Waals surface area contributed by atoms with E-state index in [-0.39, 0.29) is 0 Å². The first-order chi connectivity index (χ1) is 7.99. The zero-order chi connectivity index (χ0) is 12.8. The van der Waals surface area contributed by atoms with Gasteiger partial charge in [-0.05, 0) is 13.8 Å². The van der Waals surface area contributed by atoms with Gasteiger partial charge in [-0.3, -0.25) is 10.1 Å². The lowest BCUT2D eigenvalue weighted by molar-refractivity contribution is -0.119. The lowest BCUT2D eigenvalue weighted by atomic mass is 10.4. The van der Waals surface area contributed by atoms with Crippen LogP contribution in [0.15, 0.2) is 5.38 Å². The minimum atomic E-state index is -0.720. The molecule has 0 aliphatic heterocycles. The minimum Gasteiger partial charge on any atom is -0.337 e. The van der Waals surface area contributed by atoms with E-state index in [0.717, 1.165) is 10.7 Å². The molecule has 1 aromatic rings. The molecule has 5 nitrogen and oxygen atoms in total. The average molecular weight is 276 g/mol. The maximum atomic E-state index is 11.2. The second kappa shape index (κ2) is 6.56. The van der Waals surface area contributed by atoms with Crippen molar-refractivity contribution >= 4 is 34.9 Å². The van der Waals surface area contributed by atoms with Gasteiger partial charge in [0.25, 0.3) is 0 Å². The number of nitrogens with zero attached hydrogens (tertiary/aromatic N) is 1. The molecule has 1 heterocycles. The third kappa shape index (κ3) is 5.14. The second-order valence-electron chi connectivity index (χ2n) is 3.49. The highest BCUT2D eigenvalue weighted by Gasteiger charge is 2.12. The average Bonchev–Trinajstić information content (AvgIpc) is 2.64. The Labute approximate surface area is 109 Å². The van der Waals surface area contributed by atoms with Crippen molar-refractivity contribution < 1.29 is 9.59 Å². The standard InChI is InChI=1S/C10H14ClN3O2S/c1-6-5-17-8(13-6)3-4-12-10(16)14-9(15)7(2)11/h5,7H,3-4H2,1-2H3,(H2,12,14,15,16). The van der Waals surface area contributed by atoms with Gasteiger partial charge in [0.15, 0.2) is 0 Å². The number of nitrogens with one attached hydrogen (secondary N) is 2. The van der Waals surface area contributed by atoms with Gasteiger partial charge in [-0.25, -0.2) is 9.78 Å². The summed E-state index contributed by atoms with van der Waals surface area (Å²) in [5.41, 5.74) is 0.973. The summed E-state index contributed by atoms with van der Waals surface area (Å²) in [6, 6.07) is -0.532. The van der Waals surface area contributed by atoms with E-state index in [0.29, 0.717) is 13.0 Å². The van der Waals surface area contributed by atoms with E-state index in [9.17, 15) is 9.59 Å². The van der Waals surface area contributed by atoms with Crippen LogP contribution < -0.4 is 10.6 Å². The van der Waals surface area contributed by atoms with Crippen molar-refractivity contribution in [2.45, 2.75) is 25.6 Å². The Bertz CT molecular complexity index is 406.